The average molecular weight is 297 g/mol. The van der Waals surface area contributed by atoms with Crippen LogP contribution in [-0.4, -0.2) is 25.0 Å². The molecule has 2 rings (SSSR count). The van der Waals surface area contributed by atoms with E-state index in [4.69, 9.17) is 0 Å². The van der Waals surface area contributed by atoms with Crippen molar-refractivity contribution in [2.24, 2.45) is 5.92 Å². The summed E-state index contributed by atoms with van der Waals surface area (Å²) in [7, 11) is 0. The Morgan fingerprint density at radius 1 is 1.35 bits per heavy atom. The first kappa shape index (κ1) is 17.0. The molecule has 1 aliphatic heterocycles. The standard InChI is InChI=1S/C16H24N2O.ClH/c1-11-6-12(2)8-14(7-11)9-13(3)18-16(19)15-4-5-17-10-15;/h6-8,13,15,17H,4-5,9-10H2,1-3H3,(H,18,19);1H. The highest BCUT2D eigenvalue weighted by molar-refractivity contribution is 5.85. The van der Waals surface area contributed by atoms with E-state index in [-0.39, 0.29) is 30.3 Å². The number of carbonyl (C=O) groups excluding carboxylic acids is 1. The summed E-state index contributed by atoms with van der Waals surface area (Å²) in [6.07, 6.45) is 1.86. The minimum absolute atomic E-state index is 0. The lowest BCUT2D eigenvalue weighted by atomic mass is 10.0. The summed E-state index contributed by atoms with van der Waals surface area (Å²) in [4.78, 5) is 12.0. The molecule has 0 spiro atoms. The van der Waals surface area contributed by atoms with Crippen LogP contribution in [0.5, 0.6) is 0 Å². The van der Waals surface area contributed by atoms with Crippen molar-refractivity contribution in [2.45, 2.75) is 39.7 Å². The van der Waals surface area contributed by atoms with Gasteiger partial charge in [-0.05, 0) is 45.7 Å². The minimum Gasteiger partial charge on any atom is -0.353 e. The molecule has 1 fully saturated rings. The predicted octanol–water partition coefficient (Wildman–Crippen LogP) is 2.38. The second-order valence-corrected chi connectivity index (χ2v) is 5.80. The first-order chi connectivity index (χ1) is 9.04. The monoisotopic (exact) mass is 296 g/mol. The number of aryl methyl sites for hydroxylation is 2. The van der Waals surface area contributed by atoms with Gasteiger partial charge in [-0.3, -0.25) is 4.79 Å². The molecular formula is C16H25ClN2O. The molecule has 1 heterocycles. The number of nitrogens with one attached hydrogen (secondary N) is 2. The third-order valence-corrected chi connectivity index (χ3v) is 3.64. The third kappa shape index (κ3) is 4.80. The molecule has 0 saturated carbocycles. The smallest absolute Gasteiger partial charge is 0.224 e. The molecule has 4 heteroatoms. The Hall–Kier alpha value is -1.06. The predicted molar refractivity (Wildman–Crippen MR) is 85.4 cm³/mol. The van der Waals surface area contributed by atoms with Crippen LogP contribution in [0.15, 0.2) is 18.2 Å². The lowest BCUT2D eigenvalue weighted by Crippen LogP contribution is -2.39. The summed E-state index contributed by atoms with van der Waals surface area (Å²) in [5.74, 6) is 0.351. The Bertz CT molecular complexity index is 436. The number of hydrogen-bond donors (Lipinski definition) is 2. The van der Waals surface area contributed by atoms with Gasteiger partial charge in [0, 0.05) is 12.6 Å². The molecule has 1 aromatic rings. The third-order valence-electron chi connectivity index (χ3n) is 3.64. The van der Waals surface area contributed by atoms with Crippen LogP contribution in [-0.2, 0) is 11.2 Å². The van der Waals surface area contributed by atoms with Crippen LogP contribution in [0, 0.1) is 19.8 Å². The molecule has 0 aromatic heterocycles. The van der Waals surface area contributed by atoms with Crippen molar-refractivity contribution in [3.63, 3.8) is 0 Å². The summed E-state index contributed by atoms with van der Waals surface area (Å²) >= 11 is 0. The summed E-state index contributed by atoms with van der Waals surface area (Å²) < 4.78 is 0. The Kier molecular flexibility index (Phi) is 6.50. The van der Waals surface area contributed by atoms with Gasteiger partial charge in [0.25, 0.3) is 0 Å². The molecule has 2 unspecified atom stereocenters. The second kappa shape index (κ2) is 7.65. The van der Waals surface area contributed by atoms with Gasteiger partial charge in [-0.2, -0.15) is 0 Å². The number of rotatable bonds is 4. The van der Waals surface area contributed by atoms with Gasteiger partial charge < -0.3 is 10.6 Å². The zero-order chi connectivity index (χ0) is 13.8. The number of carbonyl (C=O) groups is 1. The van der Waals surface area contributed by atoms with Crippen LogP contribution >= 0.6 is 12.4 Å². The fraction of sp³-hybridized carbons (Fsp3) is 0.562. The van der Waals surface area contributed by atoms with E-state index in [0.717, 1.165) is 25.9 Å². The lowest BCUT2D eigenvalue weighted by molar-refractivity contribution is -0.125. The van der Waals surface area contributed by atoms with E-state index in [1.165, 1.54) is 16.7 Å². The summed E-state index contributed by atoms with van der Waals surface area (Å²) in [6.45, 7) is 8.09. The van der Waals surface area contributed by atoms with Gasteiger partial charge in [0.05, 0.1) is 5.92 Å². The largest absolute Gasteiger partial charge is 0.353 e. The summed E-state index contributed by atoms with van der Waals surface area (Å²) in [6, 6.07) is 6.77. The van der Waals surface area contributed by atoms with Gasteiger partial charge in [-0.15, -0.1) is 12.4 Å². The molecule has 0 radical (unpaired) electrons. The van der Waals surface area contributed by atoms with Crippen molar-refractivity contribution >= 4 is 18.3 Å². The maximum atomic E-state index is 12.0. The van der Waals surface area contributed by atoms with Gasteiger partial charge in [-0.1, -0.05) is 29.3 Å². The molecule has 3 nitrogen and oxygen atoms in total. The minimum atomic E-state index is 0. The molecule has 2 N–H and O–H groups in total. The van der Waals surface area contributed by atoms with Gasteiger partial charge in [0.2, 0.25) is 5.91 Å². The molecule has 1 saturated heterocycles. The van der Waals surface area contributed by atoms with Gasteiger partial charge >= 0.3 is 0 Å². The van der Waals surface area contributed by atoms with Crippen LogP contribution in [0.1, 0.15) is 30.0 Å². The Morgan fingerprint density at radius 2 is 2.00 bits per heavy atom. The van der Waals surface area contributed by atoms with Crippen LogP contribution in [0.3, 0.4) is 0 Å². The highest BCUT2D eigenvalue weighted by atomic mass is 35.5. The molecule has 2 atom stereocenters. The number of halogens is 1. The average Bonchev–Trinajstić information content (AvgIpc) is 2.80. The van der Waals surface area contributed by atoms with E-state index in [1.807, 2.05) is 0 Å². The van der Waals surface area contributed by atoms with Crippen molar-refractivity contribution in [3.8, 4) is 0 Å². The van der Waals surface area contributed by atoms with Crippen LogP contribution in [0.4, 0.5) is 0 Å². The van der Waals surface area contributed by atoms with Gasteiger partial charge in [0.1, 0.15) is 0 Å². The zero-order valence-electron chi connectivity index (χ0n) is 12.5. The van der Waals surface area contributed by atoms with E-state index in [9.17, 15) is 4.79 Å². The van der Waals surface area contributed by atoms with E-state index >= 15 is 0 Å². The number of amides is 1. The fourth-order valence-electron chi connectivity index (χ4n) is 2.83. The highest BCUT2D eigenvalue weighted by Gasteiger charge is 2.23. The maximum absolute atomic E-state index is 12.0. The molecule has 112 valence electrons. The molecule has 0 bridgehead atoms. The van der Waals surface area contributed by atoms with Crippen molar-refractivity contribution in [2.75, 3.05) is 13.1 Å². The van der Waals surface area contributed by atoms with Crippen LogP contribution in [0.25, 0.3) is 0 Å². The Labute approximate surface area is 127 Å². The number of benzene rings is 1. The topological polar surface area (TPSA) is 41.1 Å². The van der Waals surface area contributed by atoms with E-state index < -0.39 is 0 Å². The van der Waals surface area contributed by atoms with Crippen molar-refractivity contribution in [3.05, 3.63) is 34.9 Å². The Morgan fingerprint density at radius 3 is 2.55 bits per heavy atom. The van der Waals surface area contributed by atoms with Gasteiger partial charge in [0.15, 0.2) is 0 Å². The summed E-state index contributed by atoms with van der Waals surface area (Å²) in [5, 5.41) is 6.36. The number of hydrogen-bond acceptors (Lipinski definition) is 2. The SMILES string of the molecule is Cc1cc(C)cc(CC(C)NC(=O)C2CCNC2)c1.Cl. The molecular weight excluding hydrogens is 272 g/mol. The fourth-order valence-corrected chi connectivity index (χ4v) is 2.83. The van der Waals surface area contributed by atoms with Gasteiger partial charge in [-0.25, -0.2) is 0 Å². The zero-order valence-corrected chi connectivity index (χ0v) is 13.3. The highest BCUT2D eigenvalue weighted by Crippen LogP contribution is 2.12. The van der Waals surface area contributed by atoms with E-state index in [0.29, 0.717) is 0 Å². The quantitative estimate of drug-likeness (QED) is 0.896. The maximum Gasteiger partial charge on any atom is 0.224 e. The van der Waals surface area contributed by atoms with E-state index in [1.54, 1.807) is 0 Å². The normalized spacial score (nSPS) is 19.2. The molecule has 1 aromatic carbocycles. The van der Waals surface area contributed by atoms with Crippen LogP contribution in [0.2, 0.25) is 0 Å². The van der Waals surface area contributed by atoms with E-state index in [2.05, 4.69) is 49.6 Å². The second-order valence-electron chi connectivity index (χ2n) is 5.80. The first-order valence-electron chi connectivity index (χ1n) is 7.13. The van der Waals surface area contributed by atoms with Crippen molar-refractivity contribution in [1.29, 1.82) is 0 Å². The molecule has 20 heavy (non-hydrogen) atoms. The van der Waals surface area contributed by atoms with Crippen LogP contribution < -0.4 is 10.6 Å². The molecule has 1 amide bonds. The first-order valence-corrected chi connectivity index (χ1v) is 7.13. The lowest BCUT2D eigenvalue weighted by Gasteiger charge is -2.17. The summed E-state index contributed by atoms with van der Waals surface area (Å²) in [5.41, 5.74) is 3.87. The molecule has 0 aliphatic carbocycles. The van der Waals surface area contributed by atoms with Crippen molar-refractivity contribution < 1.29 is 4.79 Å². The molecule has 1 aliphatic rings. The van der Waals surface area contributed by atoms with Crippen molar-refractivity contribution in [1.82, 2.24) is 10.6 Å². The Balaban J connectivity index is 0.00000200.